The molecule has 110 valence electrons. The second-order valence-electron chi connectivity index (χ2n) is 3.98. The molecule has 6 heteroatoms. The van der Waals surface area contributed by atoms with Gasteiger partial charge in [0.05, 0.1) is 18.8 Å². The maximum atomic E-state index is 13.1. The van der Waals surface area contributed by atoms with E-state index in [9.17, 15) is 17.6 Å². The number of alkyl halides is 3. The molecule has 0 atom stereocenters. The minimum atomic E-state index is -4.21. The lowest BCUT2D eigenvalue weighted by Gasteiger charge is -2.09. The number of aliphatic hydroxyl groups excluding tert-OH is 1. The van der Waals surface area contributed by atoms with Crippen LogP contribution in [0.25, 0.3) is 0 Å². The lowest BCUT2D eigenvalue weighted by molar-refractivity contribution is -0.136. The Bertz CT molecular complexity index is 486. The molecule has 0 amide bonds. The quantitative estimate of drug-likeness (QED) is 0.512. The lowest BCUT2D eigenvalue weighted by atomic mass is 10.2. The summed E-state index contributed by atoms with van der Waals surface area (Å²) in [6.07, 6.45) is -5.09. The summed E-state index contributed by atoms with van der Waals surface area (Å²) < 4.78 is 54.2. The van der Waals surface area contributed by atoms with Crippen LogP contribution in [-0.4, -0.2) is 24.5 Å². The van der Waals surface area contributed by atoms with Crippen LogP contribution in [0, 0.1) is 17.7 Å². The van der Waals surface area contributed by atoms with Crippen molar-refractivity contribution in [2.24, 2.45) is 0 Å². The summed E-state index contributed by atoms with van der Waals surface area (Å²) >= 11 is 0. The van der Waals surface area contributed by atoms with Gasteiger partial charge in [-0.05, 0) is 24.6 Å². The van der Waals surface area contributed by atoms with Gasteiger partial charge in [-0.2, -0.15) is 13.2 Å². The summed E-state index contributed by atoms with van der Waals surface area (Å²) in [5.41, 5.74) is 0.255. The fourth-order valence-corrected chi connectivity index (χ4v) is 1.39. The van der Waals surface area contributed by atoms with Crippen molar-refractivity contribution in [1.82, 2.24) is 0 Å². The number of aliphatic hydroxyl groups is 1. The Morgan fingerprint density at radius 1 is 1.25 bits per heavy atom. The summed E-state index contributed by atoms with van der Waals surface area (Å²) in [5, 5.41) is 8.60. The first kappa shape index (κ1) is 16.3. The van der Waals surface area contributed by atoms with Gasteiger partial charge in [-0.15, -0.1) is 0 Å². The molecule has 1 N–H and O–H groups in total. The molecule has 0 aromatic heterocycles. The Kier molecular flexibility index (Phi) is 6.32. The molecule has 1 aromatic carbocycles. The van der Waals surface area contributed by atoms with Crippen molar-refractivity contribution >= 4 is 0 Å². The monoisotopic (exact) mass is 290 g/mol. The zero-order valence-corrected chi connectivity index (χ0v) is 10.6. The largest absolute Gasteiger partial charge is 0.492 e. The Labute approximate surface area is 114 Å². The number of ether oxygens (including phenoxy) is 1. The summed E-state index contributed by atoms with van der Waals surface area (Å²) in [4.78, 5) is 0. The van der Waals surface area contributed by atoms with Crippen molar-refractivity contribution in [3.8, 4) is 17.6 Å². The van der Waals surface area contributed by atoms with Crippen molar-refractivity contribution in [2.75, 3.05) is 13.2 Å². The predicted molar refractivity (Wildman–Crippen MR) is 65.8 cm³/mol. The van der Waals surface area contributed by atoms with Crippen LogP contribution in [-0.2, 0) is 0 Å². The second kappa shape index (κ2) is 7.75. The first-order chi connectivity index (χ1) is 9.42. The Morgan fingerprint density at radius 2 is 2.00 bits per heavy atom. The third-order valence-electron chi connectivity index (χ3n) is 2.26. The third-order valence-corrected chi connectivity index (χ3v) is 2.26. The van der Waals surface area contributed by atoms with Crippen LogP contribution in [0.4, 0.5) is 17.6 Å². The molecule has 20 heavy (non-hydrogen) atoms. The van der Waals surface area contributed by atoms with Gasteiger partial charge in [0.2, 0.25) is 0 Å². The number of rotatable bonds is 5. The van der Waals surface area contributed by atoms with Crippen LogP contribution in [0.1, 0.15) is 24.8 Å². The van der Waals surface area contributed by atoms with Crippen molar-refractivity contribution in [2.45, 2.75) is 25.4 Å². The van der Waals surface area contributed by atoms with Gasteiger partial charge in [-0.1, -0.05) is 11.8 Å². The van der Waals surface area contributed by atoms with Gasteiger partial charge in [0, 0.05) is 12.8 Å². The van der Waals surface area contributed by atoms with Crippen molar-refractivity contribution in [3.05, 3.63) is 29.6 Å². The van der Waals surface area contributed by atoms with E-state index in [0.29, 0.717) is 0 Å². The van der Waals surface area contributed by atoms with E-state index in [4.69, 9.17) is 9.84 Å². The van der Waals surface area contributed by atoms with E-state index >= 15 is 0 Å². The molecule has 0 saturated heterocycles. The van der Waals surface area contributed by atoms with Crippen LogP contribution in [0.15, 0.2) is 18.2 Å². The van der Waals surface area contributed by atoms with E-state index in [1.807, 2.05) is 0 Å². The van der Waals surface area contributed by atoms with E-state index in [1.165, 1.54) is 6.07 Å². The van der Waals surface area contributed by atoms with Gasteiger partial charge in [0.25, 0.3) is 0 Å². The highest BCUT2D eigenvalue weighted by atomic mass is 19.4. The summed E-state index contributed by atoms with van der Waals surface area (Å²) in [6, 6.07) is 3.62. The predicted octanol–water partition coefficient (Wildman–Crippen LogP) is 3.28. The van der Waals surface area contributed by atoms with E-state index < -0.39 is 18.4 Å². The van der Waals surface area contributed by atoms with Crippen LogP contribution < -0.4 is 4.74 Å². The van der Waals surface area contributed by atoms with E-state index in [1.54, 1.807) is 0 Å². The van der Waals surface area contributed by atoms with Gasteiger partial charge in [0.15, 0.2) is 0 Å². The maximum Gasteiger partial charge on any atom is 0.389 e. The van der Waals surface area contributed by atoms with Gasteiger partial charge in [-0.3, -0.25) is 0 Å². The number of hydrogen-bond acceptors (Lipinski definition) is 2. The molecular weight excluding hydrogens is 276 g/mol. The molecule has 0 spiro atoms. The average molecular weight is 290 g/mol. The molecule has 1 aromatic rings. The zero-order chi connectivity index (χ0) is 15.0. The molecule has 0 fully saturated rings. The zero-order valence-electron chi connectivity index (χ0n) is 10.6. The van der Waals surface area contributed by atoms with E-state index in [0.717, 1.165) is 12.1 Å². The molecule has 0 heterocycles. The minimum absolute atomic E-state index is 0.121. The summed E-state index contributed by atoms with van der Waals surface area (Å²) in [6.45, 7) is -0.246. The molecule has 0 aliphatic carbocycles. The van der Waals surface area contributed by atoms with Crippen molar-refractivity contribution < 1.29 is 27.4 Å². The molecule has 0 aliphatic rings. The standard InChI is InChI=1S/C14H14F4O2/c15-12-5-6-13(11(10-12)4-1-2-8-19)20-9-3-7-14(16,17)18/h5-6,10,19H,2-3,7-9H2. The topological polar surface area (TPSA) is 29.5 Å². The van der Waals surface area contributed by atoms with Gasteiger partial charge >= 0.3 is 6.18 Å². The Morgan fingerprint density at radius 3 is 2.65 bits per heavy atom. The molecule has 0 aliphatic heterocycles. The van der Waals surface area contributed by atoms with Crippen LogP contribution >= 0.6 is 0 Å². The number of hydrogen-bond donors (Lipinski definition) is 1. The smallest absolute Gasteiger partial charge is 0.389 e. The van der Waals surface area contributed by atoms with E-state index in [2.05, 4.69) is 11.8 Å². The normalized spacial score (nSPS) is 10.8. The second-order valence-corrected chi connectivity index (χ2v) is 3.98. The molecule has 1 rings (SSSR count). The highest BCUT2D eigenvalue weighted by Gasteiger charge is 2.26. The molecule has 0 saturated carbocycles. The molecule has 0 bridgehead atoms. The highest BCUT2D eigenvalue weighted by molar-refractivity contribution is 5.46. The summed E-state index contributed by atoms with van der Waals surface area (Å²) in [5.74, 6) is 4.94. The number of benzene rings is 1. The highest BCUT2D eigenvalue weighted by Crippen LogP contribution is 2.23. The van der Waals surface area contributed by atoms with Crippen molar-refractivity contribution in [1.29, 1.82) is 0 Å². The van der Waals surface area contributed by atoms with Crippen LogP contribution in [0.5, 0.6) is 5.75 Å². The van der Waals surface area contributed by atoms with Gasteiger partial charge in [0.1, 0.15) is 11.6 Å². The Balaban J connectivity index is 2.63. The molecular formula is C14H14F4O2. The van der Waals surface area contributed by atoms with Crippen LogP contribution in [0.2, 0.25) is 0 Å². The fourth-order valence-electron chi connectivity index (χ4n) is 1.39. The minimum Gasteiger partial charge on any atom is -0.492 e. The maximum absolute atomic E-state index is 13.1. The average Bonchev–Trinajstić information content (AvgIpc) is 2.36. The van der Waals surface area contributed by atoms with Crippen molar-refractivity contribution in [3.63, 3.8) is 0 Å². The lowest BCUT2D eigenvalue weighted by Crippen LogP contribution is -2.10. The van der Waals surface area contributed by atoms with Gasteiger partial charge in [-0.25, -0.2) is 4.39 Å². The summed E-state index contributed by atoms with van der Waals surface area (Å²) in [7, 11) is 0. The SMILES string of the molecule is OCCC#Cc1cc(F)ccc1OCCCC(F)(F)F. The number of halogens is 4. The molecule has 2 nitrogen and oxygen atoms in total. The Hall–Kier alpha value is -1.74. The van der Waals surface area contributed by atoms with Crippen LogP contribution in [0.3, 0.4) is 0 Å². The third kappa shape index (κ3) is 6.43. The fraction of sp³-hybridized carbons (Fsp3) is 0.429. The van der Waals surface area contributed by atoms with Gasteiger partial charge < -0.3 is 9.84 Å². The molecule has 0 unspecified atom stereocenters. The molecule has 0 radical (unpaired) electrons. The first-order valence-corrected chi connectivity index (χ1v) is 6.01. The van der Waals surface area contributed by atoms with E-state index in [-0.39, 0.29) is 37.4 Å². The first-order valence-electron chi connectivity index (χ1n) is 6.01.